The summed E-state index contributed by atoms with van der Waals surface area (Å²) in [7, 11) is 1.41. The lowest BCUT2D eigenvalue weighted by atomic mass is 9.90. The first-order chi connectivity index (χ1) is 10.2. The van der Waals surface area contributed by atoms with E-state index >= 15 is 0 Å². The number of benzene rings is 1. The largest absolute Gasteiger partial charge is 0.453 e. The van der Waals surface area contributed by atoms with Gasteiger partial charge in [-0.2, -0.15) is 0 Å². The van der Waals surface area contributed by atoms with E-state index in [1.54, 1.807) is 4.90 Å². The number of carbonyl (C=O) groups is 2. The van der Waals surface area contributed by atoms with Gasteiger partial charge in [-0.05, 0) is 18.4 Å². The normalized spacial score (nSPS) is 28.5. The van der Waals surface area contributed by atoms with E-state index in [4.69, 9.17) is 4.74 Å². The molecular formula is C16H20N2O3. The second kappa shape index (κ2) is 5.76. The van der Waals surface area contributed by atoms with E-state index in [2.05, 4.69) is 17.4 Å². The fourth-order valence-electron chi connectivity index (χ4n) is 3.53. The summed E-state index contributed by atoms with van der Waals surface area (Å²) in [5, 5.41) is 3.11. The number of hydrogen-bond donors (Lipinski definition) is 1. The van der Waals surface area contributed by atoms with Gasteiger partial charge in [0.2, 0.25) is 5.91 Å². The number of carbonyl (C=O) groups excluding carboxylic acids is 2. The van der Waals surface area contributed by atoms with Gasteiger partial charge in [0.1, 0.15) is 0 Å². The molecule has 2 fully saturated rings. The topological polar surface area (TPSA) is 58.6 Å². The van der Waals surface area contributed by atoms with Crippen molar-refractivity contribution in [2.45, 2.75) is 37.3 Å². The van der Waals surface area contributed by atoms with Crippen LogP contribution in [0.1, 0.15) is 30.7 Å². The Morgan fingerprint density at radius 3 is 2.81 bits per heavy atom. The highest BCUT2D eigenvalue weighted by molar-refractivity contribution is 5.77. The first kappa shape index (κ1) is 13.9. The molecule has 3 atom stereocenters. The van der Waals surface area contributed by atoms with Crippen LogP contribution in [0.15, 0.2) is 30.3 Å². The summed E-state index contributed by atoms with van der Waals surface area (Å²) in [6.07, 6.45) is 1.87. The molecule has 5 heteroatoms. The van der Waals surface area contributed by atoms with Crippen LogP contribution < -0.4 is 5.32 Å². The molecule has 2 aliphatic heterocycles. The van der Waals surface area contributed by atoms with Crippen molar-refractivity contribution in [3.8, 4) is 0 Å². The van der Waals surface area contributed by atoms with Crippen molar-refractivity contribution in [3.05, 3.63) is 35.9 Å². The van der Waals surface area contributed by atoms with Crippen LogP contribution in [0.25, 0.3) is 0 Å². The minimum absolute atomic E-state index is 0.0223. The average Bonchev–Trinajstić information content (AvgIpc) is 2.74. The summed E-state index contributed by atoms with van der Waals surface area (Å²) < 4.78 is 4.91. The van der Waals surface area contributed by atoms with E-state index < -0.39 is 0 Å². The van der Waals surface area contributed by atoms with Gasteiger partial charge in [-0.3, -0.25) is 4.79 Å². The molecule has 0 radical (unpaired) electrons. The number of amides is 2. The molecule has 2 amide bonds. The van der Waals surface area contributed by atoms with Gasteiger partial charge in [-0.15, -0.1) is 0 Å². The Labute approximate surface area is 124 Å². The fourth-order valence-corrected chi connectivity index (χ4v) is 3.53. The number of rotatable bonds is 1. The van der Waals surface area contributed by atoms with Gasteiger partial charge in [-0.1, -0.05) is 30.3 Å². The minimum Gasteiger partial charge on any atom is -0.453 e. The number of nitrogens with one attached hydrogen (secondary N) is 1. The predicted molar refractivity (Wildman–Crippen MR) is 77.9 cm³/mol. The van der Waals surface area contributed by atoms with Crippen LogP contribution in [-0.4, -0.2) is 42.6 Å². The van der Waals surface area contributed by atoms with Gasteiger partial charge in [0, 0.05) is 18.9 Å². The SMILES string of the molecule is COC(=O)N1C[C@@H](c2ccccc2)[C@@H]2NC(=O)CCC[C@@H]21. The van der Waals surface area contributed by atoms with Crippen LogP contribution in [0, 0.1) is 0 Å². The van der Waals surface area contributed by atoms with Crippen LogP contribution in [0.5, 0.6) is 0 Å². The number of nitrogens with zero attached hydrogens (tertiary/aromatic N) is 1. The average molecular weight is 288 g/mol. The third kappa shape index (κ3) is 2.60. The molecule has 0 bridgehead atoms. The van der Waals surface area contributed by atoms with Crippen LogP contribution >= 0.6 is 0 Å². The van der Waals surface area contributed by atoms with E-state index in [1.807, 2.05) is 18.2 Å². The van der Waals surface area contributed by atoms with E-state index in [-0.39, 0.29) is 30.0 Å². The van der Waals surface area contributed by atoms with Gasteiger partial charge in [-0.25, -0.2) is 4.79 Å². The molecule has 21 heavy (non-hydrogen) atoms. The Kier molecular flexibility index (Phi) is 3.82. The van der Waals surface area contributed by atoms with E-state index in [0.29, 0.717) is 13.0 Å². The summed E-state index contributed by atoms with van der Waals surface area (Å²) >= 11 is 0. The fraction of sp³-hybridized carbons (Fsp3) is 0.500. The van der Waals surface area contributed by atoms with Gasteiger partial charge in [0.05, 0.1) is 19.2 Å². The number of fused-ring (bicyclic) bond motifs is 1. The molecule has 0 aliphatic carbocycles. The zero-order valence-corrected chi connectivity index (χ0v) is 12.1. The quantitative estimate of drug-likeness (QED) is 0.858. The maximum atomic E-state index is 12.0. The van der Waals surface area contributed by atoms with Crippen molar-refractivity contribution in [2.75, 3.05) is 13.7 Å². The smallest absolute Gasteiger partial charge is 0.409 e. The van der Waals surface area contributed by atoms with Crippen molar-refractivity contribution in [1.82, 2.24) is 10.2 Å². The molecule has 2 heterocycles. The number of ether oxygens (including phenoxy) is 1. The standard InChI is InChI=1S/C16H20N2O3/c1-21-16(20)18-10-12(11-6-3-2-4-7-11)15-13(18)8-5-9-14(19)17-15/h2-4,6-7,12-13,15H,5,8-10H2,1H3,(H,17,19)/t12-,13-,15-/m0/s1. The zero-order chi connectivity index (χ0) is 14.8. The second-order valence-corrected chi connectivity index (χ2v) is 5.69. The van der Waals surface area contributed by atoms with Crippen molar-refractivity contribution < 1.29 is 14.3 Å². The van der Waals surface area contributed by atoms with Gasteiger partial charge >= 0.3 is 6.09 Å². The third-order valence-corrected chi connectivity index (χ3v) is 4.51. The summed E-state index contributed by atoms with van der Waals surface area (Å²) in [5.74, 6) is 0.201. The molecule has 112 valence electrons. The summed E-state index contributed by atoms with van der Waals surface area (Å²) in [4.78, 5) is 25.7. The van der Waals surface area contributed by atoms with Gasteiger partial charge in [0.25, 0.3) is 0 Å². The van der Waals surface area contributed by atoms with Crippen molar-refractivity contribution >= 4 is 12.0 Å². The lowest BCUT2D eigenvalue weighted by Gasteiger charge is -2.26. The highest BCUT2D eigenvalue weighted by atomic mass is 16.5. The number of methoxy groups -OCH3 is 1. The van der Waals surface area contributed by atoms with Crippen molar-refractivity contribution in [2.24, 2.45) is 0 Å². The lowest BCUT2D eigenvalue weighted by molar-refractivity contribution is -0.121. The summed E-state index contributed by atoms with van der Waals surface area (Å²) in [6, 6.07) is 10.1. The third-order valence-electron chi connectivity index (χ3n) is 4.51. The lowest BCUT2D eigenvalue weighted by Crippen LogP contribution is -2.45. The minimum atomic E-state index is -0.306. The summed E-state index contributed by atoms with van der Waals surface area (Å²) in [5.41, 5.74) is 1.15. The van der Waals surface area contributed by atoms with Crippen LogP contribution in [0.2, 0.25) is 0 Å². The van der Waals surface area contributed by atoms with Crippen molar-refractivity contribution in [1.29, 1.82) is 0 Å². The molecule has 2 saturated heterocycles. The van der Waals surface area contributed by atoms with Crippen LogP contribution in [-0.2, 0) is 9.53 Å². The molecule has 5 nitrogen and oxygen atoms in total. The Morgan fingerprint density at radius 2 is 2.10 bits per heavy atom. The maximum Gasteiger partial charge on any atom is 0.409 e. The second-order valence-electron chi connectivity index (χ2n) is 5.69. The Hall–Kier alpha value is -2.04. The van der Waals surface area contributed by atoms with Crippen LogP contribution in [0.4, 0.5) is 4.79 Å². The zero-order valence-electron chi connectivity index (χ0n) is 12.1. The maximum absolute atomic E-state index is 12.0. The molecule has 0 saturated carbocycles. The van der Waals surface area contributed by atoms with Gasteiger partial charge < -0.3 is 15.0 Å². The molecule has 0 aromatic heterocycles. The number of likely N-dealkylation sites (tertiary alicyclic amines) is 1. The van der Waals surface area contributed by atoms with Gasteiger partial charge in [0.15, 0.2) is 0 Å². The predicted octanol–water partition coefficient (Wildman–Crippen LogP) is 1.89. The molecule has 0 spiro atoms. The Morgan fingerprint density at radius 1 is 1.33 bits per heavy atom. The molecule has 1 aromatic carbocycles. The Bertz CT molecular complexity index is 532. The summed E-state index contributed by atoms with van der Waals surface area (Å²) in [6.45, 7) is 0.590. The van der Waals surface area contributed by atoms with Crippen molar-refractivity contribution in [3.63, 3.8) is 0 Å². The molecular weight excluding hydrogens is 268 g/mol. The first-order valence-electron chi connectivity index (χ1n) is 7.39. The molecule has 1 aromatic rings. The highest BCUT2D eigenvalue weighted by Crippen LogP contribution is 2.36. The first-order valence-corrected chi connectivity index (χ1v) is 7.39. The van der Waals surface area contributed by atoms with E-state index in [9.17, 15) is 9.59 Å². The molecule has 3 rings (SSSR count). The molecule has 0 unspecified atom stereocenters. The van der Waals surface area contributed by atoms with E-state index in [0.717, 1.165) is 18.4 Å². The van der Waals surface area contributed by atoms with Crippen LogP contribution in [0.3, 0.4) is 0 Å². The molecule has 1 N–H and O–H groups in total. The van der Waals surface area contributed by atoms with E-state index in [1.165, 1.54) is 7.11 Å². The highest BCUT2D eigenvalue weighted by Gasteiger charge is 2.46. The molecule has 2 aliphatic rings. The monoisotopic (exact) mass is 288 g/mol. The Balaban J connectivity index is 1.93. The number of hydrogen-bond acceptors (Lipinski definition) is 3.